The van der Waals surface area contributed by atoms with Crippen LogP contribution in [-0.4, -0.2) is 11.7 Å². The summed E-state index contributed by atoms with van der Waals surface area (Å²) < 4.78 is 0. The van der Waals surface area contributed by atoms with E-state index in [9.17, 15) is 0 Å². The van der Waals surface area contributed by atoms with Crippen LogP contribution in [0.15, 0.2) is 28.4 Å². The minimum Gasteiger partial charge on any atom is -0.369 e. The lowest BCUT2D eigenvalue weighted by Gasteiger charge is -2.12. The van der Waals surface area contributed by atoms with Crippen LogP contribution in [0.3, 0.4) is 0 Å². The molecule has 0 fully saturated rings. The molecule has 0 bridgehead atoms. The average molecular weight is 273 g/mol. The standard InChI is InChI=1S/C11H14Cl2N4/c1-6(2)10(16-17-11(14)15)9-7(12)4-3-5-8(9)13/h3-6H,1-2H3,(H4,14,15,17)/b16-10+. The smallest absolute Gasteiger partial charge is 0.211 e. The molecular formula is C11H14Cl2N4. The van der Waals surface area contributed by atoms with E-state index in [0.717, 1.165) is 0 Å². The molecule has 0 saturated heterocycles. The van der Waals surface area contributed by atoms with Crippen LogP contribution in [0.1, 0.15) is 19.4 Å². The molecule has 0 aliphatic heterocycles. The second kappa shape index (κ2) is 5.89. The Balaban J connectivity index is 3.34. The number of nitrogens with two attached hydrogens (primary N) is 2. The second-order valence-electron chi connectivity index (χ2n) is 3.76. The van der Waals surface area contributed by atoms with Crippen LogP contribution >= 0.6 is 23.2 Å². The number of nitrogens with zero attached hydrogens (tertiary/aromatic N) is 2. The van der Waals surface area contributed by atoms with Crippen LogP contribution in [0.25, 0.3) is 0 Å². The SMILES string of the molecule is CC(C)/C(=N\N=C(N)N)c1c(Cl)cccc1Cl. The lowest BCUT2D eigenvalue weighted by molar-refractivity contribution is 0.875. The summed E-state index contributed by atoms with van der Waals surface area (Å²) in [6.45, 7) is 3.92. The third-order valence-electron chi connectivity index (χ3n) is 2.04. The lowest BCUT2D eigenvalue weighted by Crippen LogP contribution is -2.22. The zero-order chi connectivity index (χ0) is 13.0. The molecule has 0 aliphatic carbocycles. The van der Waals surface area contributed by atoms with Gasteiger partial charge in [0.2, 0.25) is 5.96 Å². The first kappa shape index (κ1) is 13.8. The second-order valence-corrected chi connectivity index (χ2v) is 4.58. The van der Waals surface area contributed by atoms with Crippen molar-refractivity contribution in [2.75, 3.05) is 0 Å². The van der Waals surface area contributed by atoms with Crippen LogP contribution in [0.5, 0.6) is 0 Å². The van der Waals surface area contributed by atoms with Crippen molar-refractivity contribution in [3.05, 3.63) is 33.8 Å². The number of hydrogen-bond donors (Lipinski definition) is 2. The molecule has 1 aromatic carbocycles. The molecule has 0 saturated carbocycles. The number of guanidine groups is 1. The molecular weight excluding hydrogens is 259 g/mol. The van der Waals surface area contributed by atoms with E-state index in [1.54, 1.807) is 18.2 Å². The molecule has 0 atom stereocenters. The normalized spacial score (nSPS) is 11.7. The zero-order valence-corrected chi connectivity index (χ0v) is 11.1. The largest absolute Gasteiger partial charge is 0.369 e. The maximum absolute atomic E-state index is 6.11. The predicted molar refractivity (Wildman–Crippen MR) is 73.6 cm³/mol. The molecule has 0 heterocycles. The maximum Gasteiger partial charge on any atom is 0.211 e. The molecule has 0 spiro atoms. The fraction of sp³-hybridized carbons (Fsp3) is 0.273. The minimum absolute atomic E-state index is 0.0931. The molecule has 17 heavy (non-hydrogen) atoms. The molecule has 4 N–H and O–H groups in total. The number of rotatable bonds is 3. The molecule has 0 unspecified atom stereocenters. The molecule has 1 aromatic rings. The highest BCUT2D eigenvalue weighted by atomic mass is 35.5. The van der Waals surface area contributed by atoms with Crippen LogP contribution in [0, 0.1) is 5.92 Å². The fourth-order valence-electron chi connectivity index (χ4n) is 1.31. The van der Waals surface area contributed by atoms with Crippen molar-refractivity contribution in [1.82, 2.24) is 0 Å². The van der Waals surface area contributed by atoms with Crippen LogP contribution in [0.2, 0.25) is 10.0 Å². The Morgan fingerprint density at radius 2 is 1.65 bits per heavy atom. The summed E-state index contributed by atoms with van der Waals surface area (Å²) in [7, 11) is 0. The Labute approximate surface area is 110 Å². The van der Waals surface area contributed by atoms with Gasteiger partial charge in [0.05, 0.1) is 15.8 Å². The number of hydrogen-bond acceptors (Lipinski definition) is 2. The van der Waals surface area contributed by atoms with E-state index in [4.69, 9.17) is 34.7 Å². The highest BCUT2D eigenvalue weighted by Crippen LogP contribution is 2.27. The Morgan fingerprint density at radius 3 is 2.06 bits per heavy atom. The van der Waals surface area contributed by atoms with Crippen molar-refractivity contribution in [3.63, 3.8) is 0 Å². The maximum atomic E-state index is 6.11. The van der Waals surface area contributed by atoms with Gasteiger partial charge >= 0.3 is 0 Å². The first-order valence-corrected chi connectivity index (χ1v) is 5.80. The molecule has 0 aliphatic rings. The van der Waals surface area contributed by atoms with E-state index >= 15 is 0 Å². The van der Waals surface area contributed by atoms with Crippen molar-refractivity contribution >= 4 is 34.9 Å². The van der Waals surface area contributed by atoms with E-state index < -0.39 is 0 Å². The van der Waals surface area contributed by atoms with Gasteiger partial charge in [-0.3, -0.25) is 0 Å². The van der Waals surface area contributed by atoms with Gasteiger partial charge in [-0.25, -0.2) is 0 Å². The van der Waals surface area contributed by atoms with Crippen LogP contribution < -0.4 is 11.5 Å². The van der Waals surface area contributed by atoms with Crippen molar-refractivity contribution in [1.29, 1.82) is 0 Å². The third kappa shape index (κ3) is 3.61. The Hall–Kier alpha value is -1.26. The van der Waals surface area contributed by atoms with E-state index in [2.05, 4.69) is 10.2 Å². The Kier molecular flexibility index (Phi) is 4.78. The average Bonchev–Trinajstić information content (AvgIpc) is 2.21. The molecule has 0 radical (unpaired) electrons. The van der Waals surface area contributed by atoms with E-state index in [-0.39, 0.29) is 11.9 Å². The lowest BCUT2D eigenvalue weighted by atomic mass is 10.00. The highest BCUT2D eigenvalue weighted by Gasteiger charge is 2.15. The molecule has 1 rings (SSSR count). The van der Waals surface area contributed by atoms with Gasteiger partial charge in [0, 0.05) is 5.56 Å². The van der Waals surface area contributed by atoms with Crippen molar-refractivity contribution < 1.29 is 0 Å². The predicted octanol–water partition coefficient (Wildman–Crippen LogP) is 2.63. The van der Waals surface area contributed by atoms with Gasteiger partial charge in [-0.1, -0.05) is 43.1 Å². The third-order valence-corrected chi connectivity index (χ3v) is 2.67. The zero-order valence-electron chi connectivity index (χ0n) is 9.61. The van der Waals surface area contributed by atoms with Gasteiger partial charge in [-0.2, -0.15) is 5.10 Å². The van der Waals surface area contributed by atoms with Crippen LogP contribution in [0.4, 0.5) is 0 Å². The fourth-order valence-corrected chi connectivity index (χ4v) is 1.90. The summed E-state index contributed by atoms with van der Waals surface area (Å²) in [5.41, 5.74) is 11.8. The van der Waals surface area contributed by atoms with Gasteiger partial charge in [-0.05, 0) is 18.1 Å². The monoisotopic (exact) mass is 272 g/mol. The summed E-state index contributed by atoms with van der Waals surface area (Å²) in [6, 6.07) is 5.26. The minimum atomic E-state index is -0.105. The molecule has 92 valence electrons. The van der Waals surface area contributed by atoms with E-state index in [0.29, 0.717) is 21.3 Å². The first-order valence-electron chi connectivity index (χ1n) is 5.04. The topological polar surface area (TPSA) is 76.8 Å². The van der Waals surface area contributed by atoms with Gasteiger partial charge < -0.3 is 11.5 Å². The van der Waals surface area contributed by atoms with Gasteiger partial charge in [0.15, 0.2) is 0 Å². The Bertz CT molecular complexity index is 442. The van der Waals surface area contributed by atoms with Gasteiger partial charge in [0.1, 0.15) is 0 Å². The Morgan fingerprint density at radius 1 is 1.12 bits per heavy atom. The van der Waals surface area contributed by atoms with Crippen LogP contribution in [-0.2, 0) is 0 Å². The molecule has 0 amide bonds. The number of halogens is 2. The summed E-state index contributed by atoms with van der Waals surface area (Å²) in [6.07, 6.45) is 0. The van der Waals surface area contributed by atoms with E-state index in [1.165, 1.54) is 0 Å². The highest BCUT2D eigenvalue weighted by molar-refractivity contribution is 6.40. The van der Waals surface area contributed by atoms with Crippen molar-refractivity contribution in [2.45, 2.75) is 13.8 Å². The van der Waals surface area contributed by atoms with Gasteiger partial charge in [-0.15, -0.1) is 5.10 Å². The quantitative estimate of drug-likeness (QED) is 0.504. The molecule has 4 nitrogen and oxygen atoms in total. The molecule has 6 heteroatoms. The number of benzene rings is 1. The van der Waals surface area contributed by atoms with Crippen molar-refractivity contribution in [3.8, 4) is 0 Å². The van der Waals surface area contributed by atoms with Gasteiger partial charge in [0.25, 0.3) is 0 Å². The summed E-state index contributed by atoms with van der Waals surface area (Å²) in [4.78, 5) is 0. The summed E-state index contributed by atoms with van der Waals surface area (Å²) >= 11 is 12.2. The van der Waals surface area contributed by atoms with E-state index in [1.807, 2.05) is 13.8 Å². The molecule has 0 aromatic heterocycles. The summed E-state index contributed by atoms with van der Waals surface area (Å²) in [5.74, 6) is -0.0122. The first-order chi connectivity index (χ1) is 7.93. The summed E-state index contributed by atoms with van der Waals surface area (Å²) in [5, 5.41) is 8.70. The van der Waals surface area contributed by atoms with Crippen molar-refractivity contribution in [2.24, 2.45) is 27.6 Å².